The molecule has 0 radical (unpaired) electrons. The molecule has 0 aliphatic carbocycles. The van der Waals surface area contributed by atoms with Gasteiger partial charge < -0.3 is 25.2 Å². The van der Waals surface area contributed by atoms with Crippen molar-refractivity contribution in [2.75, 3.05) is 55.9 Å². The Balaban J connectivity index is 1.40. The molecule has 2 aromatic carbocycles. The lowest BCUT2D eigenvalue weighted by Crippen LogP contribution is -2.44. The van der Waals surface area contributed by atoms with Gasteiger partial charge in [-0.3, -0.25) is 4.79 Å². The average Bonchev–Trinajstić information content (AvgIpc) is 2.95. The summed E-state index contributed by atoms with van der Waals surface area (Å²) in [5.41, 5.74) is 4.13. The first-order valence-electron chi connectivity index (χ1n) is 10.9. The number of carbonyl (C=O) groups excluding carboxylic acids is 1. The third-order valence-electron chi connectivity index (χ3n) is 5.97. The number of amides is 1. The van der Waals surface area contributed by atoms with Gasteiger partial charge in [-0.2, -0.15) is 0 Å². The first-order chi connectivity index (χ1) is 16.0. The molecule has 2 aliphatic heterocycles. The highest BCUT2D eigenvalue weighted by Crippen LogP contribution is 2.39. The number of nitrogens with one attached hydrogen (secondary N) is 2. The second kappa shape index (κ2) is 8.92. The molecule has 0 bridgehead atoms. The van der Waals surface area contributed by atoms with Gasteiger partial charge in [-0.05, 0) is 37.7 Å². The lowest BCUT2D eigenvalue weighted by atomic mass is 10.1. The second-order valence-electron chi connectivity index (χ2n) is 8.22. The molecule has 2 N–H and O–H groups in total. The molecule has 9 heteroatoms. The highest BCUT2D eigenvalue weighted by Gasteiger charge is 2.23. The Hall–Kier alpha value is -3.30. The van der Waals surface area contributed by atoms with Crippen LogP contribution in [0, 0.1) is 6.92 Å². The largest absolute Gasteiger partial charge is 0.494 e. The Morgan fingerprint density at radius 1 is 1.15 bits per heavy atom. The fourth-order valence-corrected chi connectivity index (χ4v) is 5.12. The van der Waals surface area contributed by atoms with Gasteiger partial charge >= 0.3 is 0 Å². The zero-order valence-electron chi connectivity index (χ0n) is 18.9. The van der Waals surface area contributed by atoms with Gasteiger partial charge in [0.2, 0.25) is 5.95 Å². The monoisotopic (exact) mass is 462 g/mol. The van der Waals surface area contributed by atoms with E-state index >= 15 is 0 Å². The van der Waals surface area contributed by atoms with E-state index in [1.807, 2.05) is 37.3 Å². The summed E-state index contributed by atoms with van der Waals surface area (Å²) < 4.78 is 5.66. The van der Waals surface area contributed by atoms with E-state index in [1.54, 1.807) is 13.3 Å². The van der Waals surface area contributed by atoms with Crippen molar-refractivity contribution >= 4 is 40.7 Å². The Kier molecular flexibility index (Phi) is 5.82. The number of methoxy groups -OCH3 is 1. The summed E-state index contributed by atoms with van der Waals surface area (Å²) in [4.78, 5) is 27.4. The average molecular weight is 463 g/mol. The number of aryl methyl sites for hydroxylation is 1. The Bertz CT molecular complexity index is 1210. The number of fused-ring (bicyclic) bond motifs is 2. The van der Waals surface area contributed by atoms with Crippen LogP contribution in [0.5, 0.6) is 5.75 Å². The molecule has 170 valence electrons. The van der Waals surface area contributed by atoms with Crippen LogP contribution in [0.3, 0.4) is 0 Å². The van der Waals surface area contributed by atoms with Gasteiger partial charge in [0, 0.05) is 42.8 Å². The maximum atomic E-state index is 12.7. The van der Waals surface area contributed by atoms with Crippen molar-refractivity contribution in [3.05, 3.63) is 53.7 Å². The van der Waals surface area contributed by atoms with Gasteiger partial charge in [-0.15, -0.1) is 0 Å². The van der Waals surface area contributed by atoms with Crippen LogP contribution in [-0.4, -0.2) is 61.1 Å². The zero-order chi connectivity index (χ0) is 22.9. The van der Waals surface area contributed by atoms with Crippen LogP contribution in [0.1, 0.15) is 15.9 Å². The van der Waals surface area contributed by atoms with Crippen LogP contribution in [0.2, 0.25) is 0 Å². The van der Waals surface area contributed by atoms with Crippen molar-refractivity contribution in [2.24, 2.45) is 0 Å². The van der Waals surface area contributed by atoms with E-state index in [1.165, 1.54) is 11.8 Å². The zero-order valence-corrected chi connectivity index (χ0v) is 19.7. The second-order valence-corrected chi connectivity index (χ2v) is 9.25. The molecule has 0 atom stereocenters. The van der Waals surface area contributed by atoms with Crippen molar-refractivity contribution in [2.45, 2.75) is 16.8 Å². The molecular formula is C24H26N6O2S. The predicted molar refractivity (Wildman–Crippen MR) is 131 cm³/mol. The molecule has 0 unspecified atom stereocenters. The molecule has 0 spiro atoms. The summed E-state index contributed by atoms with van der Waals surface area (Å²) >= 11 is 1.46. The smallest absolute Gasteiger partial charge is 0.257 e. The number of aromatic nitrogens is 2. The van der Waals surface area contributed by atoms with Crippen LogP contribution in [-0.2, 0) is 0 Å². The molecular weight excluding hydrogens is 436 g/mol. The number of benzene rings is 2. The van der Waals surface area contributed by atoms with Crippen molar-refractivity contribution in [3.63, 3.8) is 0 Å². The third-order valence-corrected chi connectivity index (χ3v) is 7.03. The summed E-state index contributed by atoms with van der Waals surface area (Å²) in [5, 5.41) is 6.90. The van der Waals surface area contributed by atoms with Crippen LogP contribution >= 0.6 is 11.8 Å². The maximum absolute atomic E-state index is 12.7. The number of rotatable bonds is 4. The standard InChI is InChI=1S/C24H26N6O2S/c1-15-5-4-6-20-21(15)22(31)26-18-14-25-24(28-23(18)33-20)27-17-8-7-16(13-19(17)32-3)30-11-9-29(2)10-12-30/h4-8,13-14H,9-12H2,1-3H3,(H,26,31)(H,25,27,28). The molecule has 5 rings (SSSR count). The van der Waals surface area contributed by atoms with Gasteiger partial charge in [0.1, 0.15) is 10.8 Å². The van der Waals surface area contributed by atoms with E-state index in [0.717, 1.165) is 53.8 Å². The van der Waals surface area contributed by atoms with Crippen LogP contribution in [0.15, 0.2) is 52.5 Å². The normalized spacial score (nSPS) is 15.8. The van der Waals surface area contributed by atoms with E-state index in [4.69, 9.17) is 4.74 Å². The molecule has 8 nitrogen and oxygen atoms in total. The van der Waals surface area contributed by atoms with Gasteiger partial charge in [-0.1, -0.05) is 23.9 Å². The minimum Gasteiger partial charge on any atom is -0.494 e. The number of ether oxygens (including phenoxy) is 1. The molecule has 2 aliphatic rings. The predicted octanol–water partition coefficient (Wildman–Crippen LogP) is 4.01. The maximum Gasteiger partial charge on any atom is 0.257 e. The fourth-order valence-electron chi connectivity index (χ4n) is 4.06. The molecule has 1 fully saturated rings. The summed E-state index contributed by atoms with van der Waals surface area (Å²) in [6, 6.07) is 12.0. The Morgan fingerprint density at radius 3 is 2.76 bits per heavy atom. The summed E-state index contributed by atoms with van der Waals surface area (Å²) in [6.45, 7) is 6.00. The molecule has 33 heavy (non-hydrogen) atoms. The quantitative estimate of drug-likeness (QED) is 0.563. The van der Waals surface area contributed by atoms with Gasteiger partial charge in [-0.25, -0.2) is 9.97 Å². The van der Waals surface area contributed by atoms with Crippen molar-refractivity contribution in [1.82, 2.24) is 14.9 Å². The number of likely N-dealkylation sites (N-methyl/N-ethyl adjacent to an activating group) is 1. The Morgan fingerprint density at radius 2 is 1.97 bits per heavy atom. The molecule has 1 amide bonds. The number of hydrogen-bond acceptors (Lipinski definition) is 8. The fraction of sp³-hybridized carbons (Fsp3) is 0.292. The van der Waals surface area contributed by atoms with Crippen LogP contribution in [0.25, 0.3) is 0 Å². The number of anilines is 4. The molecule has 3 heterocycles. The highest BCUT2D eigenvalue weighted by atomic mass is 32.2. The number of carbonyl (C=O) groups is 1. The number of hydrogen-bond donors (Lipinski definition) is 2. The van der Waals surface area contributed by atoms with E-state index in [2.05, 4.69) is 43.5 Å². The van der Waals surface area contributed by atoms with Crippen molar-refractivity contribution in [3.8, 4) is 5.75 Å². The molecule has 0 saturated carbocycles. The molecule has 1 saturated heterocycles. The summed E-state index contributed by atoms with van der Waals surface area (Å²) in [5.74, 6) is 1.03. The summed E-state index contributed by atoms with van der Waals surface area (Å²) in [6.07, 6.45) is 1.64. The molecule has 1 aromatic heterocycles. The van der Waals surface area contributed by atoms with Crippen LogP contribution < -0.4 is 20.3 Å². The minimum absolute atomic E-state index is 0.139. The van der Waals surface area contributed by atoms with E-state index in [0.29, 0.717) is 22.2 Å². The lowest BCUT2D eigenvalue weighted by molar-refractivity contribution is 0.102. The van der Waals surface area contributed by atoms with E-state index in [9.17, 15) is 4.79 Å². The van der Waals surface area contributed by atoms with E-state index in [-0.39, 0.29) is 5.91 Å². The number of piperazine rings is 1. The first kappa shape index (κ1) is 21.5. The molecule has 3 aromatic rings. The first-order valence-corrected chi connectivity index (χ1v) is 11.7. The Labute approximate surface area is 197 Å². The minimum atomic E-state index is -0.139. The topological polar surface area (TPSA) is 82.6 Å². The van der Waals surface area contributed by atoms with Gasteiger partial charge in [0.15, 0.2) is 0 Å². The third kappa shape index (κ3) is 4.34. The highest BCUT2D eigenvalue weighted by molar-refractivity contribution is 7.99. The van der Waals surface area contributed by atoms with Gasteiger partial charge in [0.25, 0.3) is 5.91 Å². The van der Waals surface area contributed by atoms with Crippen LogP contribution in [0.4, 0.5) is 23.0 Å². The number of nitrogens with zero attached hydrogens (tertiary/aromatic N) is 4. The summed E-state index contributed by atoms with van der Waals surface area (Å²) in [7, 11) is 3.81. The van der Waals surface area contributed by atoms with Gasteiger partial charge in [0.05, 0.1) is 30.2 Å². The van der Waals surface area contributed by atoms with Crippen molar-refractivity contribution < 1.29 is 9.53 Å². The van der Waals surface area contributed by atoms with E-state index < -0.39 is 0 Å². The van der Waals surface area contributed by atoms with Crippen molar-refractivity contribution in [1.29, 1.82) is 0 Å². The SMILES string of the molecule is COc1cc(N2CCN(C)CC2)ccc1Nc1ncc2c(n1)Sc1cccc(C)c1C(=O)N2. The lowest BCUT2D eigenvalue weighted by Gasteiger charge is -2.34.